The molecule has 0 bridgehead atoms. The highest BCUT2D eigenvalue weighted by Crippen LogP contribution is 2.74. The van der Waals surface area contributed by atoms with Crippen molar-refractivity contribution in [3.63, 3.8) is 0 Å². The molecule has 0 aromatic heterocycles. The Kier molecular flexibility index (Phi) is 16.7. The van der Waals surface area contributed by atoms with Gasteiger partial charge in [0, 0.05) is 16.2 Å². The van der Waals surface area contributed by atoms with Crippen LogP contribution in [-0.4, -0.2) is 233 Å². The van der Waals surface area contributed by atoms with Gasteiger partial charge < -0.3 is 109 Å². The Labute approximate surface area is 444 Å². The molecule has 436 valence electrons. The first-order chi connectivity index (χ1) is 35.6. The van der Waals surface area contributed by atoms with Crippen molar-refractivity contribution < 1.29 is 109 Å². The normalized spacial score (nSPS) is 55.3. The molecule has 4 saturated heterocycles. The number of allylic oxidation sites excluding steroid dienone is 3. The molecular formula is C54H88O22. The van der Waals surface area contributed by atoms with E-state index >= 15 is 0 Å². The molecule has 29 atom stereocenters. The topological polar surface area (TPSA) is 357 Å². The van der Waals surface area contributed by atoms with Crippen LogP contribution in [-0.2, 0) is 37.9 Å². The second-order valence-corrected chi connectivity index (χ2v) is 25.9. The molecule has 0 aromatic carbocycles. The zero-order chi connectivity index (χ0) is 55.6. The summed E-state index contributed by atoms with van der Waals surface area (Å²) in [4.78, 5) is 0. The molecule has 22 heteroatoms. The maximum Gasteiger partial charge on any atom is 0.187 e. The quantitative estimate of drug-likeness (QED) is 0.0975. The van der Waals surface area contributed by atoms with Crippen molar-refractivity contribution in [3.05, 3.63) is 23.3 Å². The Hall–Kier alpha value is -1.40. The van der Waals surface area contributed by atoms with Crippen molar-refractivity contribution in [2.24, 2.45) is 44.3 Å². The van der Waals surface area contributed by atoms with Crippen LogP contribution in [0.15, 0.2) is 23.3 Å². The summed E-state index contributed by atoms with van der Waals surface area (Å²) in [5.74, 6) is -0.152. The van der Waals surface area contributed by atoms with Crippen LogP contribution < -0.4 is 0 Å². The molecule has 7 fully saturated rings. The average molecular weight is 1090 g/mol. The molecule has 9 rings (SSSR count). The molecule has 14 N–H and O–H groups in total. The molecule has 0 spiro atoms. The van der Waals surface area contributed by atoms with E-state index < -0.39 is 170 Å². The SMILES string of the molecule is C[C@@H]1O[C@@H](O[C@H]2[C@H](O)[C@@H](O)[C@H](O[C@H]3[C@@H](O)[C@@H](C)O[C@@H](O[C@H]4CC[C@@]5(C)[C@@H](CC[C@]6(C)[C@@H]5C=CC5=C7CC(C)(C)CC[C@]7(CO)[C@@H](O)C[C@]56C)[C@]4(C)CO)[C@@H]3O[C@@H]3O[C@H](CO)[C@@H](O)[C@H](O)[C@H]3O)O[C@@H]2CO)[C@H](O)[C@H](O)[C@H]1O. The summed E-state index contributed by atoms with van der Waals surface area (Å²) in [6, 6.07) is 0. The highest BCUT2D eigenvalue weighted by molar-refractivity contribution is 5.47. The van der Waals surface area contributed by atoms with Crippen LogP contribution in [0.4, 0.5) is 0 Å². The Morgan fingerprint density at radius 1 is 0.539 bits per heavy atom. The molecular weight excluding hydrogens is 1000 g/mol. The number of rotatable bonds is 12. The molecule has 3 saturated carbocycles. The van der Waals surface area contributed by atoms with Crippen molar-refractivity contribution in [2.45, 2.75) is 242 Å². The van der Waals surface area contributed by atoms with Gasteiger partial charge in [0.2, 0.25) is 0 Å². The van der Waals surface area contributed by atoms with E-state index in [0.717, 1.165) is 19.3 Å². The predicted octanol–water partition coefficient (Wildman–Crippen LogP) is -1.64. The van der Waals surface area contributed by atoms with Gasteiger partial charge in [0.15, 0.2) is 25.2 Å². The number of aliphatic hydroxyl groups is 14. The Bertz CT molecular complexity index is 2110. The van der Waals surface area contributed by atoms with Gasteiger partial charge in [-0.05, 0) is 98.9 Å². The van der Waals surface area contributed by atoms with Gasteiger partial charge >= 0.3 is 0 Å². The first-order valence-corrected chi connectivity index (χ1v) is 27.5. The summed E-state index contributed by atoms with van der Waals surface area (Å²) in [5.41, 5.74) is -0.424. The fourth-order valence-electron chi connectivity index (χ4n) is 15.9. The van der Waals surface area contributed by atoms with E-state index in [1.807, 2.05) is 6.92 Å². The number of aliphatic hydroxyl groups excluding tert-OH is 14. The summed E-state index contributed by atoms with van der Waals surface area (Å²) in [7, 11) is 0. The van der Waals surface area contributed by atoms with Gasteiger partial charge in [0.25, 0.3) is 0 Å². The lowest BCUT2D eigenvalue weighted by Crippen LogP contribution is -2.68. The second kappa shape index (κ2) is 21.4. The van der Waals surface area contributed by atoms with Crippen molar-refractivity contribution >= 4 is 0 Å². The minimum atomic E-state index is -2.02. The van der Waals surface area contributed by atoms with Crippen molar-refractivity contribution in [1.29, 1.82) is 0 Å². The fourth-order valence-corrected chi connectivity index (χ4v) is 15.9. The van der Waals surface area contributed by atoms with E-state index in [1.54, 1.807) is 0 Å². The average Bonchev–Trinajstić information content (AvgIpc) is 3.57. The lowest BCUT2D eigenvalue weighted by Gasteiger charge is -2.70. The minimum absolute atomic E-state index is 0.000158. The van der Waals surface area contributed by atoms with Crippen molar-refractivity contribution in [1.82, 2.24) is 0 Å². The van der Waals surface area contributed by atoms with E-state index in [9.17, 15) is 71.5 Å². The third-order valence-corrected chi connectivity index (χ3v) is 21.0. The predicted molar refractivity (Wildman–Crippen MR) is 263 cm³/mol. The van der Waals surface area contributed by atoms with Crippen LogP contribution in [0.25, 0.3) is 0 Å². The molecule has 76 heavy (non-hydrogen) atoms. The van der Waals surface area contributed by atoms with Crippen LogP contribution >= 0.6 is 0 Å². The lowest BCUT2D eigenvalue weighted by molar-refractivity contribution is -0.402. The molecule has 0 radical (unpaired) electrons. The van der Waals surface area contributed by atoms with E-state index in [2.05, 4.69) is 46.8 Å². The van der Waals surface area contributed by atoms with Gasteiger partial charge in [-0.25, -0.2) is 0 Å². The van der Waals surface area contributed by atoms with Crippen LogP contribution in [0.2, 0.25) is 0 Å². The zero-order valence-corrected chi connectivity index (χ0v) is 45.0. The fraction of sp³-hybridized carbons (Fsp3) is 0.926. The molecule has 5 aliphatic carbocycles. The third-order valence-electron chi connectivity index (χ3n) is 21.0. The summed E-state index contributed by atoms with van der Waals surface area (Å²) < 4.78 is 49.2. The summed E-state index contributed by atoms with van der Waals surface area (Å²) >= 11 is 0. The zero-order valence-electron chi connectivity index (χ0n) is 45.0. The Morgan fingerprint density at radius 3 is 1.74 bits per heavy atom. The lowest BCUT2D eigenvalue weighted by atomic mass is 9.35. The van der Waals surface area contributed by atoms with Crippen molar-refractivity contribution in [3.8, 4) is 0 Å². The maximum absolute atomic E-state index is 12.2. The number of hydrogen-bond acceptors (Lipinski definition) is 22. The largest absolute Gasteiger partial charge is 0.396 e. The van der Waals surface area contributed by atoms with Crippen LogP contribution in [0.3, 0.4) is 0 Å². The van der Waals surface area contributed by atoms with Gasteiger partial charge in [-0.15, -0.1) is 0 Å². The first kappa shape index (κ1) is 59.2. The summed E-state index contributed by atoms with van der Waals surface area (Å²) in [5, 5.41) is 155. The Morgan fingerprint density at radius 2 is 1.11 bits per heavy atom. The summed E-state index contributed by atoms with van der Waals surface area (Å²) in [6.45, 7) is 14.2. The number of fused-ring (bicyclic) bond motifs is 6. The summed E-state index contributed by atoms with van der Waals surface area (Å²) in [6.07, 6.45) is -24.7. The first-order valence-electron chi connectivity index (χ1n) is 27.5. The number of hydrogen-bond donors (Lipinski definition) is 14. The molecule has 22 nitrogen and oxygen atoms in total. The molecule has 0 aromatic rings. The van der Waals surface area contributed by atoms with Crippen LogP contribution in [0, 0.1) is 44.3 Å². The second-order valence-electron chi connectivity index (χ2n) is 25.9. The molecule has 9 aliphatic rings. The van der Waals surface area contributed by atoms with E-state index in [-0.39, 0.29) is 35.9 Å². The number of ether oxygens (including phenoxy) is 8. The molecule has 0 unspecified atom stereocenters. The monoisotopic (exact) mass is 1090 g/mol. The standard InChI is InChI=1S/C54H88O22/c1-23-33(60)36(63)39(66)45(69-23)74-42-28(20-56)72-47(41(68)38(42)65)75-43-34(61)24(2)70-48(44(43)76-46-40(67)37(64)35(62)27(19-55)71-46)73-32-12-13-50(5)29(51(32,6)21-57)11-14-52(7)30(50)10-9-25-26-17-49(3,4)15-16-54(26,22-58)31(59)18-53(25,52)8/h9-10,23-24,27-48,55-68H,11-22H2,1-8H3/t23-,24+,27+,28+,29+,30+,31-,32-,33-,34-,35+,36+,37-,38+,39+,40+,41+,42+,43-,44+,45-,46-,47-,48-,50-,51-,52+,53+,54+/m0/s1. The van der Waals surface area contributed by atoms with Crippen LogP contribution in [0.5, 0.6) is 0 Å². The molecule has 4 aliphatic heterocycles. The minimum Gasteiger partial charge on any atom is -0.396 e. The smallest absolute Gasteiger partial charge is 0.187 e. The van der Waals surface area contributed by atoms with Gasteiger partial charge in [-0.1, -0.05) is 59.3 Å². The van der Waals surface area contributed by atoms with Gasteiger partial charge in [-0.3, -0.25) is 0 Å². The highest BCUT2D eigenvalue weighted by atomic mass is 16.8. The third kappa shape index (κ3) is 9.34. The van der Waals surface area contributed by atoms with Gasteiger partial charge in [0.05, 0.1) is 50.8 Å². The highest BCUT2D eigenvalue weighted by Gasteiger charge is 2.69. The van der Waals surface area contributed by atoms with Gasteiger partial charge in [-0.2, -0.15) is 0 Å². The maximum atomic E-state index is 12.2. The van der Waals surface area contributed by atoms with E-state index in [0.29, 0.717) is 32.1 Å². The van der Waals surface area contributed by atoms with Gasteiger partial charge in [0.1, 0.15) is 85.5 Å². The van der Waals surface area contributed by atoms with E-state index in [4.69, 9.17) is 37.9 Å². The Balaban J connectivity index is 1.01. The molecule has 4 heterocycles. The van der Waals surface area contributed by atoms with Crippen LogP contribution in [0.1, 0.15) is 107 Å². The molecule has 0 amide bonds. The van der Waals surface area contributed by atoms with E-state index in [1.165, 1.54) is 25.0 Å². The van der Waals surface area contributed by atoms with Crippen molar-refractivity contribution in [2.75, 3.05) is 26.4 Å².